The van der Waals surface area contributed by atoms with Gasteiger partial charge in [-0.3, -0.25) is 4.79 Å². The maximum absolute atomic E-state index is 11.8. The minimum atomic E-state index is -0.274. The second-order valence-electron chi connectivity index (χ2n) is 4.08. The summed E-state index contributed by atoms with van der Waals surface area (Å²) < 4.78 is 5.06. The molecule has 7 heteroatoms. The van der Waals surface area contributed by atoms with Crippen LogP contribution in [0, 0.1) is 0 Å². The Morgan fingerprint density at radius 1 is 1.42 bits per heavy atom. The third kappa shape index (κ3) is 3.51. The van der Waals surface area contributed by atoms with Gasteiger partial charge < -0.3 is 10.1 Å². The van der Waals surface area contributed by atoms with Gasteiger partial charge in [0.15, 0.2) is 5.82 Å². The number of aromatic amines is 1. The molecule has 1 heterocycles. The summed E-state index contributed by atoms with van der Waals surface area (Å²) in [4.78, 5) is 11.8. The largest absolute Gasteiger partial charge is 0.497 e. The Balaban J connectivity index is 1.90. The van der Waals surface area contributed by atoms with Crippen LogP contribution in [0.5, 0.6) is 5.75 Å². The van der Waals surface area contributed by atoms with Crippen LogP contribution < -0.4 is 10.1 Å². The van der Waals surface area contributed by atoms with E-state index < -0.39 is 0 Å². The first-order chi connectivity index (χ1) is 9.19. The SMILES string of the molecule is COc1ccc(CC(=O)NC(C)c2nn[nH]n2)cc1. The van der Waals surface area contributed by atoms with Crippen LogP contribution in [0.2, 0.25) is 0 Å². The van der Waals surface area contributed by atoms with Gasteiger partial charge in [0.05, 0.1) is 19.6 Å². The highest BCUT2D eigenvalue weighted by Gasteiger charge is 2.13. The van der Waals surface area contributed by atoms with Crippen molar-refractivity contribution in [3.63, 3.8) is 0 Å². The molecule has 0 saturated heterocycles. The fraction of sp³-hybridized carbons (Fsp3) is 0.333. The van der Waals surface area contributed by atoms with Gasteiger partial charge in [-0.15, -0.1) is 10.2 Å². The predicted octanol–water partition coefficient (Wildman–Crippen LogP) is 0.628. The zero-order valence-corrected chi connectivity index (χ0v) is 10.8. The fourth-order valence-electron chi connectivity index (χ4n) is 1.64. The number of carbonyl (C=O) groups is 1. The summed E-state index contributed by atoms with van der Waals surface area (Å²) in [5, 5.41) is 16.2. The molecule has 2 N–H and O–H groups in total. The van der Waals surface area contributed by atoms with Crippen molar-refractivity contribution >= 4 is 5.91 Å². The number of ether oxygens (including phenoxy) is 1. The number of aromatic nitrogens is 4. The molecule has 0 aliphatic rings. The van der Waals surface area contributed by atoms with Gasteiger partial charge in [-0.05, 0) is 24.6 Å². The number of benzene rings is 1. The molecule has 0 bridgehead atoms. The Bertz CT molecular complexity index is 524. The van der Waals surface area contributed by atoms with Crippen LogP contribution in [0.15, 0.2) is 24.3 Å². The third-order valence-electron chi connectivity index (χ3n) is 2.65. The standard InChI is InChI=1S/C12H15N5O2/c1-8(12-14-16-17-15-12)13-11(18)7-9-3-5-10(19-2)6-4-9/h3-6,8H,7H2,1-2H3,(H,13,18)(H,14,15,16,17). The van der Waals surface area contributed by atoms with E-state index in [2.05, 4.69) is 25.9 Å². The van der Waals surface area contributed by atoms with Crippen molar-refractivity contribution in [3.8, 4) is 5.75 Å². The van der Waals surface area contributed by atoms with E-state index in [1.54, 1.807) is 14.0 Å². The molecule has 1 atom stereocenters. The maximum Gasteiger partial charge on any atom is 0.225 e. The number of nitrogens with one attached hydrogen (secondary N) is 2. The minimum absolute atomic E-state index is 0.0949. The van der Waals surface area contributed by atoms with Crippen molar-refractivity contribution in [2.24, 2.45) is 0 Å². The van der Waals surface area contributed by atoms with E-state index in [1.165, 1.54) is 0 Å². The highest BCUT2D eigenvalue weighted by molar-refractivity contribution is 5.78. The fourth-order valence-corrected chi connectivity index (χ4v) is 1.64. The van der Waals surface area contributed by atoms with Gasteiger partial charge in [0, 0.05) is 0 Å². The van der Waals surface area contributed by atoms with Gasteiger partial charge in [-0.25, -0.2) is 0 Å². The summed E-state index contributed by atoms with van der Waals surface area (Å²) in [6.45, 7) is 1.80. The van der Waals surface area contributed by atoms with Crippen molar-refractivity contribution in [2.45, 2.75) is 19.4 Å². The van der Waals surface area contributed by atoms with Crippen LogP contribution in [-0.2, 0) is 11.2 Å². The number of methoxy groups -OCH3 is 1. The van der Waals surface area contributed by atoms with Crippen LogP contribution >= 0.6 is 0 Å². The van der Waals surface area contributed by atoms with E-state index in [-0.39, 0.29) is 11.9 Å². The number of amides is 1. The number of tetrazole rings is 1. The Kier molecular flexibility index (Phi) is 4.07. The predicted molar refractivity (Wildman–Crippen MR) is 67.4 cm³/mol. The first-order valence-corrected chi connectivity index (χ1v) is 5.84. The van der Waals surface area contributed by atoms with Crippen LogP contribution in [0.25, 0.3) is 0 Å². The zero-order valence-electron chi connectivity index (χ0n) is 10.8. The number of hydrogen-bond acceptors (Lipinski definition) is 5. The molecule has 1 amide bonds. The smallest absolute Gasteiger partial charge is 0.225 e. The van der Waals surface area contributed by atoms with Crippen molar-refractivity contribution in [3.05, 3.63) is 35.7 Å². The van der Waals surface area contributed by atoms with Crippen molar-refractivity contribution in [1.82, 2.24) is 25.9 Å². The van der Waals surface area contributed by atoms with Crippen molar-refractivity contribution < 1.29 is 9.53 Å². The molecular formula is C12H15N5O2. The van der Waals surface area contributed by atoms with E-state index >= 15 is 0 Å². The molecule has 0 saturated carbocycles. The summed E-state index contributed by atoms with van der Waals surface area (Å²) in [6.07, 6.45) is 0.298. The highest BCUT2D eigenvalue weighted by atomic mass is 16.5. The number of nitrogens with zero attached hydrogens (tertiary/aromatic N) is 3. The quantitative estimate of drug-likeness (QED) is 0.823. The van der Waals surface area contributed by atoms with Gasteiger partial charge in [0.2, 0.25) is 5.91 Å². The molecule has 2 aromatic rings. The Labute approximate surface area is 110 Å². The Morgan fingerprint density at radius 3 is 2.74 bits per heavy atom. The van der Waals surface area contributed by atoms with Crippen molar-refractivity contribution in [2.75, 3.05) is 7.11 Å². The summed E-state index contributed by atoms with van der Waals surface area (Å²) in [6, 6.07) is 7.09. The molecule has 2 rings (SSSR count). The summed E-state index contributed by atoms with van der Waals surface area (Å²) >= 11 is 0. The molecule has 1 aromatic heterocycles. The zero-order chi connectivity index (χ0) is 13.7. The highest BCUT2D eigenvalue weighted by Crippen LogP contribution is 2.12. The number of carbonyl (C=O) groups excluding carboxylic acids is 1. The number of H-pyrrole nitrogens is 1. The van der Waals surface area contributed by atoms with Crippen LogP contribution in [0.4, 0.5) is 0 Å². The molecule has 19 heavy (non-hydrogen) atoms. The molecule has 1 unspecified atom stereocenters. The molecule has 1 aromatic carbocycles. The van der Waals surface area contributed by atoms with E-state index in [9.17, 15) is 4.79 Å². The van der Waals surface area contributed by atoms with Crippen molar-refractivity contribution in [1.29, 1.82) is 0 Å². The molecule has 0 spiro atoms. The Hall–Kier alpha value is -2.44. The molecule has 0 fully saturated rings. The third-order valence-corrected chi connectivity index (χ3v) is 2.65. The van der Waals surface area contributed by atoms with E-state index in [1.807, 2.05) is 24.3 Å². The van der Waals surface area contributed by atoms with Crippen LogP contribution in [0.1, 0.15) is 24.4 Å². The lowest BCUT2D eigenvalue weighted by Gasteiger charge is -2.10. The number of hydrogen-bond donors (Lipinski definition) is 2. The van der Waals surface area contributed by atoms with E-state index in [0.717, 1.165) is 11.3 Å². The Morgan fingerprint density at radius 2 is 2.16 bits per heavy atom. The van der Waals surface area contributed by atoms with Gasteiger partial charge in [0.25, 0.3) is 0 Å². The summed E-state index contributed by atoms with van der Waals surface area (Å²) in [7, 11) is 1.61. The van der Waals surface area contributed by atoms with Gasteiger partial charge in [-0.1, -0.05) is 17.3 Å². The average Bonchev–Trinajstić information content (AvgIpc) is 2.93. The van der Waals surface area contributed by atoms with Crippen LogP contribution in [-0.4, -0.2) is 33.6 Å². The molecule has 0 aliphatic carbocycles. The molecular weight excluding hydrogens is 246 g/mol. The van der Waals surface area contributed by atoms with Gasteiger partial charge in [0.1, 0.15) is 5.75 Å². The average molecular weight is 261 g/mol. The second-order valence-corrected chi connectivity index (χ2v) is 4.08. The van der Waals surface area contributed by atoms with E-state index in [4.69, 9.17) is 4.74 Å². The van der Waals surface area contributed by atoms with Gasteiger partial charge >= 0.3 is 0 Å². The normalized spacial score (nSPS) is 11.9. The van der Waals surface area contributed by atoms with E-state index in [0.29, 0.717) is 12.2 Å². The number of rotatable bonds is 5. The lowest BCUT2D eigenvalue weighted by atomic mass is 10.1. The first-order valence-electron chi connectivity index (χ1n) is 5.84. The first kappa shape index (κ1) is 13.0. The molecule has 0 radical (unpaired) electrons. The molecule has 0 aliphatic heterocycles. The monoisotopic (exact) mass is 261 g/mol. The minimum Gasteiger partial charge on any atom is -0.497 e. The lowest BCUT2D eigenvalue weighted by Crippen LogP contribution is -2.28. The topological polar surface area (TPSA) is 92.8 Å². The summed E-state index contributed by atoms with van der Waals surface area (Å²) in [5.74, 6) is 1.13. The molecule has 7 nitrogen and oxygen atoms in total. The van der Waals surface area contributed by atoms with Gasteiger partial charge in [-0.2, -0.15) is 5.21 Å². The maximum atomic E-state index is 11.8. The lowest BCUT2D eigenvalue weighted by molar-refractivity contribution is -0.121. The summed E-state index contributed by atoms with van der Waals surface area (Å²) in [5.41, 5.74) is 0.915. The second kappa shape index (κ2) is 5.94. The van der Waals surface area contributed by atoms with Crippen LogP contribution in [0.3, 0.4) is 0 Å². The molecule has 100 valence electrons.